The first kappa shape index (κ1) is 24.0. The molecule has 4 rings (SSSR count). The summed E-state index contributed by atoms with van der Waals surface area (Å²) in [5.41, 5.74) is 3.25. The fourth-order valence-corrected chi connectivity index (χ4v) is 5.73. The number of allylic oxidation sites excluding steroid dienone is 1. The molecule has 33 heavy (non-hydrogen) atoms. The van der Waals surface area contributed by atoms with Crippen LogP contribution < -0.4 is 16.0 Å². The zero-order valence-electron chi connectivity index (χ0n) is 19.1. The molecular formula is C24H32N4O3S2. The van der Waals surface area contributed by atoms with Crippen molar-refractivity contribution in [1.29, 1.82) is 0 Å². The fourth-order valence-electron chi connectivity index (χ4n) is 4.65. The summed E-state index contributed by atoms with van der Waals surface area (Å²) in [4.78, 5) is 16.7. The summed E-state index contributed by atoms with van der Waals surface area (Å²) in [7, 11) is -3.37. The lowest BCUT2D eigenvalue weighted by atomic mass is 9.88. The molecule has 0 aromatic heterocycles. The first-order valence-corrected chi connectivity index (χ1v) is 14.7. The van der Waals surface area contributed by atoms with Crippen molar-refractivity contribution >= 4 is 45.0 Å². The molecule has 1 aromatic rings. The normalized spacial score (nSPS) is 24.7. The molecule has 1 fully saturated rings. The third-order valence-electron chi connectivity index (χ3n) is 6.46. The summed E-state index contributed by atoms with van der Waals surface area (Å²) in [6.07, 6.45) is 14.0. The number of rotatable bonds is 9. The van der Waals surface area contributed by atoms with Crippen molar-refractivity contribution in [2.24, 2.45) is 4.99 Å². The molecule has 1 aliphatic carbocycles. The second-order valence-electron chi connectivity index (χ2n) is 8.86. The van der Waals surface area contributed by atoms with E-state index in [2.05, 4.69) is 27.2 Å². The zero-order valence-corrected chi connectivity index (χ0v) is 20.8. The summed E-state index contributed by atoms with van der Waals surface area (Å²) in [6, 6.07) is 5.51. The smallest absolute Gasteiger partial charge is 0.253 e. The summed E-state index contributed by atoms with van der Waals surface area (Å²) < 4.78 is 24.5. The van der Waals surface area contributed by atoms with Gasteiger partial charge in [0.05, 0.1) is 4.90 Å². The predicted octanol–water partition coefficient (Wildman–Crippen LogP) is 3.01. The van der Waals surface area contributed by atoms with Gasteiger partial charge in [0.1, 0.15) is 0 Å². The van der Waals surface area contributed by atoms with Gasteiger partial charge in [-0.2, -0.15) is 11.8 Å². The van der Waals surface area contributed by atoms with Crippen LogP contribution in [0.5, 0.6) is 0 Å². The van der Waals surface area contributed by atoms with Crippen LogP contribution >= 0.6 is 11.8 Å². The molecule has 2 heterocycles. The highest BCUT2D eigenvalue weighted by molar-refractivity contribution is 7.98. The first-order chi connectivity index (χ1) is 15.9. The van der Waals surface area contributed by atoms with E-state index in [1.165, 1.54) is 18.4 Å². The Balaban J connectivity index is 1.52. The minimum absolute atomic E-state index is 0.170. The molecule has 178 valence electrons. The van der Waals surface area contributed by atoms with E-state index in [4.69, 9.17) is 0 Å². The average Bonchev–Trinajstić information content (AvgIpc) is 3.29. The third-order valence-corrected chi connectivity index (χ3v) is 8.26. The maximum absolute atomic E-state index is 12.3. The van der Waals surface area contributed by atoms with Gasteiger partial charge in [-0.05, 0) is 80.5 Å². The van der Waals surface area contributed by atoms with E-state index in [0.717, 1.165) is 54.6 Å². The third kappa shape index (κ3) is 5.70. The number of nitrogens with zero attached hydrogens (tertiary/aromatic N) is 1. The highest BCUT2D eigenvalue weighted by atomic mass is 32.2. The minimum atomic E-state index is -3.37. The number of carbonyl (C=O) groups excluding carboxylic acids is 1. The summed E-state index contributed by atoms with van der Waals surface area (Å²) in [5, 5.41) is 10.1. The number of amides is 1. The fraction of sp³-hybridized carbons (Fsp3) is 0.500. The number of benzene rings is 1. The largest absolute Gasteiger partial charge is 0.382 e. The molecule has 1 atom stereocenters. The van der Waals surface area contributed by atoms with Crippen LogP contribution in [0.3, 0.4) is 0 Å². The van der Waals surface area contributed by atoms with E-state index in [1.807, 2.05) is 23.9 Å². The van der Waals surface area contributed by atoms with Crippen LogP contribution in [-0.2, 0) is 14.6 Å². The van der Waals surface area contributed by atoms with Crippen molar-refractivity contribution in [1.82, 2.24) is 10.6 Å². The Morgan fingerprint density at radius 3 is 2.67 bits per heavy atom. The maximum Gasteiger partial charge on any atom is 0.253 e. The van der Waals surface area contributed by atoms with Crippen LogP contribution in [-0.4, -0.2) is 63.5 Å². The lowest BCUT2D eigenvalue weighted by molar-refractivity contribution is -0.120. The molecular weight excluding hydrogens is 456 g/mol. The van der Waals surface area contributed by atoms with E-state index >= 15 is 0 Å². The van der Waals surface area contributed by atoms with Gasteiger partial charge in [0.25, 0.3) is 5.91 Å². The lowest BCUT2D eigenvalue weighted by Crippen LogP contribution is -2.37. The van der Waals surface area contributed by atoms with E-state index in [9.17, 15) is 13.2 Å². The summed E-state index contributed by atoms with van der Waals surface area (Å²) in [5.74, 6) is 1.02. The van der Waals surface area contributed by atoms with E-state index in [-0.39, 0.29) is 10.8 Å². The molecule has 3 N–H and O–H groups in total. The number of aliphatic imine (C=N–C) groups is 1. The Bertz CT molecular complexity index is 1090. The quantitative estimate of drug-likeness (QED) is 0.462. The number of hydrogen-bond acceptors (Lipinski definition) is 7. The number of nitrogens with one attached hydrogen (secondary N) is 3. The van der Waals surface area contributed by atoms with Gasteiger partial charge in [-0.15, -0.1) is 0 Å². The van der Waals surface area contributed by atoms with Gasteiger partial charge in [0.2, 0.25) is 0 Å². The topological polar surface area (TPSA) is 99.7 Å². The maximum atomic E-state index is 12.3. The molecule has 0 spiro atoms. The van der Waals surface area contributed by atoms with Gasteiger partial charge in [-0.25, -0.2) is 8.42 Å². The van der Waals surface area contributed by atoms with Gasteiger partial charge in [0, 0.05) is 47.6 Å². The number of hydrogen-bond donors (Lipinski definition) is 3. The zero-order chi connectivity index (χ0) is 23.4. The Hall–Kier alpha value is -2.10. The molecule has 0 saturated heterocycles. The van der Waals surface area contributed by atoms with Crippen molar-refractivity contribution in [3.05, 3.63) is 41.6 Å². The number of thioether (sulfide) groups is 1. The van der Waals surface area contributed by atoms with E-state index in [1.54, 1.807) is 24.5 Å². The van der Waals surface area contributed by atoms with Crippen LogP contribution in [0.2, 0.25) is 0 Å². The first-order valence-electron chi connectivity index (χ1n) is 11.4. The molecule has 3 aliphatic rings. The second-order valence-corrected chi connectivity index (χ2v) is 11.9. The molecule has 1 saturated carbocycles. The van der Waals surface area contributed by atoms with Crippen LogP contribution in [0.4, 0.5) is 5.69 Å². The Morgan fingerprint density at radius 1 is 1.18 bits per heavy atom. The molecule has 2 aliphatic heterocycles. The van der Waals surface area contributed by atoms with Gasteiger partial charge < -0.3 is 16.0 Å². The minimum Gasteiger partial charge on any atom is -0.382 e. The van der Waals surface area contributed by atoms with Crippen molar-refractivity contribution < 1.29 is 13.2 Å². The van der Waals surface area contributed by atoms with Crippen LogP contribution in [0, 0.1) is 0 Å². The predicted molar refractivity (Wildman–Crippen MR) is 137 cm³/mol. The van der Waals surface area contributed by atoms with E-state index in [0.29, 0.717) is 12.1 Å². The van der Waals surface area contributed by atoms with Gasteiger partial charge in [-0.3, -0.25) is 9.79 Å². The van der Waals surface area contributed by atoms with Crippen molar-refractivity contribution in [3.8, 4) is 0 Å². The molecule has 1 aromatic carbocycles. The molecule has 1 unspecified atom stereocenters. The van der Waals surface area contributed by atoms with Crippen molar-refractivity contribution in [3.63, 3.8) is 0 Å². The number of anilines is 1. The van der Waals surface area contributed by atoms with Gasteiger partial charge >= 0.3 is 0 Å². The molecule has 0 radical (unpaired) electrons. The Kier molecular flexibility index (Phi) is 7.61. The number of fused-ring (bicyclic) bond motifs is 1. The van der Waals surface area contributed by atoms with Gasteiger partial charge in [0.15, 0.2) is 15.9 Å². The second kappa shape index (κ2) is 10.4. The van der Waals surface area contributed by atoms with Crippen molar-refractivity contribution in [2.45, 2.75) is 55.1 Å². The molecule has 9 heteroatoms. The van der Waals surface area contributed by atoms with Crippen LogP contribution in [0.15, 0.2) is 45.9 Å². The molecule has 0 bridgehead atoms. The van der Waals surface area contributed by atoms with Crippen molar-refractivity contribution in [2.75, 3.05) is 30.1 Å². The highest BCUT2D eigenvalue weighted by Crippen LogP contribution is 2.37. The SMILES string of the molecule is CSCCCNC1CCC(Nc2ccc(S(C)(=O)=O)cc2C2=CNC(=O)C3N=CC=C23)CC1. The number of carbonyl (C=O) groups is 1. The monoisotopic (exact) mass is 488 g/mol. The van der Waals surface area contributed by atoms with Crippen LogP contribution in [0.25, 0.3) is 5.57 Å². The highest BCUT2D eigenvalue weighted by Gasteiger charge is 2.32. The molecule has 1 amide bonds. The summed E-state index contributed by atoms with van der Waals surface area (Å²) >= 11 is 1.88. The van der Waals surface area contributed by atoms with Crippen LogP contribution in [0.1, 0.15) is 37.7 Å². The Morgan fingerprint density at radius 2 is 1.94 bits per heavy atom. The average molecular weight is 489 g/mol. The Labute approximate surface area is 200 Å². The van der Waals surface area contributed by atoms with E-state index < -0.39 is 15.9 Å². The number of sulfone groups is 1. The van der Waals surface area contributed by atoms with Gasteiger partial charge in [-0.1, -0.05) is 0 Å². The standard InChI is InChI=1S/C24H32N4O3S2/c1-32-13-3-11-25-16-4-6-17(7-5-16)28-22-9-8-18(33(2,30)31)14-20(22)21-15-27-24(29)23-19(21)10-12-26-23/h8-10,12,14-17,23,25,28H,3-7,11,13H2,1-2H3,(H,27,29). The lowest BCUT2D eigenvalue weighted by Gasteiger charge is -2.31. The molecule has 7 nitrogen and oxygen atoms in total. The summed E-state index contributed by atoms with van der Waals surface area (Å²) in [6.45, 7) is 1.07.